The summed E-state index contributed by atoms with van der Waals surface area (Å²) in [5.74, 6) is -0.0717. The van der Waals surface area contributed by atoms with Crippen LogP contribution in [0.5, 0.6) is 5.75 Å². The average Bonchev–Trinajstić information content (AvgIpc) is 2.40. The number of halogens is 1. The molecular weight excluding hydrogens is 295 g/mol. The Bertz CT molecular complexity index is 710. The quantitative estimate of drug-likeness (QED) is 0.832. The normalized spacial score (nSPS) is 11.1. The Balaban J connectivity index is 2.24. The van der Waals surface area contributed by atoms with Gasteiger partial charge in [0.15, 0.2) is 0 Å². The van der Waals surface area contributed by atoms with Crippen LogP contribution in [0.15, 0.2) is 47.4 Å². The van der Waals surface area contributed by atoms with E-state index in [1.165, 1.54) is 6.07 Å². The van der Waals surface area contributed by atoms with E-state index >= 15 is 0 Å². The number of nitrogens with one attached hydrogen (secondary N) is 1. The number of nitrogens with two attached hydrogens (primary N) is 1. The molecule has 0 unspecified atom stereocenters. The van der Waals surface area contributed by atoms with Crippen molar-refractivity contribution in [2.75, 3.05) is 17.1 Å². The second-order valence-corrected chi connectivity index (χ2v) is 5.97. The molecule has 2 aromatic carbocycles. The fourth-order valence-electron chi connectivity index (χ4n) is 1.74. The monoisotopic (exact) mass is 310 g/mol. The highest BCUT2D eigenvalue weighted by Crippen LogP contribution is 2.21. The summed E-state index contributed by atoms with van der Waals surface area (Å²) in [5, 5.41) is 0. The van der Waals surface area contributed by atoms with Crippen molar-refractivity contribution < 1.29 is 17.5 Å². The molecule has 5 nitrogen and oxygen atoms in total. The van der Waals surface area contributed by atoms with Crippen molar-refractivity contribution >= 4 is 21.4 Å². The minimum Gasteiger partial charge on any atom is -0.494 e. The molecule has 0 aromatic heterocycles. The lowest BCUT2D eigenvalue weighted by Gasteiger charge is -2.10. The number of ether oxygens (including phenoxy) is 1. The zero-order valence-electron chi connectivity index (χ0n) is 11.3. The highest BCUT2D eigenvalue weighted by Gasteiger charge is 2.16. The summed E-state index contributed by atoms with van der Waals surface area (Å²) < 4.78 is 45.2. The molecule has 0 atom stereocenters. The lowest BCUT2D eigenvalue weighted by atomic mass is 10.3. The van der Waals surface area contributed by atoms with Gasteiger partial charge < -0.3 is 10.5 Å². The summed E-state index contributed by atoms with van der Waals surface area (Å²) in [7, 11) is -3.89. The van der Waals surface area contributed by atoms with E-state index < -0.39 is 15.8 Å². The number of hydrogen-bond donors (Lipinski definition) is 2. The Morgan fingerprint density at radius 3 is 2.43 bits per heavy atom. The van der Waals surface area contributed by atoms with Crippen molar-refractivity contribution in [3.63, 3.8) is 0 Å². The van der Waals surface area contributed by atoms with Crippen LogP contribution in [-0.2, 0) is 10.0 Å². The number of benzene rings is 2. The van der Waals surface area contributed by atoms with E-state index in [1.807, 2.05) is 6.92 Å². The maximum atomic E-state index is 13.2. The summed E-state index contributed by atoms with van der Waals surface area (Å²) in [6.45, 7) is 2.37. The summed E-state index contributed by atoms with van der Waals surface area (Å²) in [4.78, 5) is -0.228. The van der Waals surface area contributed by atoms with Crippen LogP contribution in [0.1, 0.15) is 6.92 Å². The third kappa shape index (κ3) is 3.85. The van der Waals surface area contributed by atoms with Crippen molar-refractivity contribution in [3.05, 3.63) is 48.3 Å². The highest BCUT2D eigenvalue weighted by atomic mass is 32.2. The zero-order valence-corrected chi connectivity index (χ0v) is 12.2. The van der Waals surface area contributed by atoms with Crippen LogP contribution in [0.2, 0.25) is 0 Å². The van der Waals surface area contributed by atoms with Gasteiger partial charge in [0.05, 0.1) is 11.5 Å². The molecule has 21 heavy (non-hydrogen) atoms. The maximum Gasteiger partial charge on any atom is 0.262 e. The molecule has 112 valence electrons. The number of anilines is 2. The standard InChI is InChI=1S/C14H15FN2O3S/c1-2-20-13-5-3-12(4-6-13)17-21(18,19)14-8-10(15)7-11(16)9-14/h3-9,17H,2,16H2,1H3. The lowest BCUT2D eigenvalue weighted by molar-refractivity contribution is 0.340. The molecule has 0 bridgehead atoms. The second kappa shape index (κ2) is 6.01. The minimum absolute atomic E-state index is 0.0436. The molecule has 0 heterocycles. The molecule has 0 aliphatic rings. The van der Waals surface area contributed by atoms with Crippen molar-refractivity contribution in [1.82, 2.24) is 0 Å². The first kappa shape index (κ1) is 15.1. The Labute approximate surface area is 122 Å². The molecule has 0 fully saturated rings. The van der Waals surface area contributed by atoms with Crippen molar-refractivity contribution in [2.45, 2.75) is 11.8 Å². The third-order valence-corrected chi connectivity index (χ3v) is 3.98. The summed E-state index contributed by atoms with van der Waals surface area (Å²) >= 11 is 0. The smallest absolute Gasteiger partial charge is 0.262 e. The van der Waals surface area contributed by atoms with E-state index in [0.717, 1.165) is 12.1 Å². The number of sulfonamides is 1. The fourth-order valence-corrected chi connectivity index (χ4v) is 2.86. The Morgan fingerprint density at radius 2 is 1.86 bits per heavy atom. The summed E-state index contributed by atoms with van der Waals surface area (Å²) in [5.41, 5.74) is 5.85. The Hall–Kier alpha value is -2.28. The van der Waals surface area contributed by atoms with E-state index in [2.05, 4.69) is 4.72 Å². The van der Waals surface area contributed by atoms with Gasteiger partial charge in [-0.05, 0) is 49.4 Å². The molecule has 2 rings (SSSR count). The van der Waals surface area contributed by atoms with Gasteiger partial charge in [0.1, 0.15) is 11.6 Å². The first-order valence-corrected chi connectivity index (χ1v) is 7.71. The van der Waals surface area contributed by atoms with Gasteiger partial charge in [-0.15, -0.1) is 0 Å². The van der Waals surface area contributed by atoms with Crippen LogP contribution in [0.25, 0.3) is 0 Å². The summed E-state index contributed by atoms with van der Waals surface area (Å²) in [6, 6.07) is 9.56. The Kier molecular flexibility index (Phi) is 4.32. The van der Waals surface area contributed by atoms with Gasteiger partial charge in [-0.25, -0.2) is 12.8 Å². The average molecular weight is 310 g/mol. The first-order valence-electron chi connectivity index (χ1n) is 6.22. The van der Waals surface area contributed by atoms with Gasteiger partial charge >= 0.3 is 0 Å². The van der Waals surface area contributed by atoms with Gasteiger partial charge in [0, 0.05) is 11.4 Å². The molecule has 7 heteroatoms. The molecule has 0 spiro atoms. The van der Waals surface area contributed by atoms with Crippen LogP contribution in [0, 0.1) is 5.82 Å². The number of nitrogen functional groups attached to an aromatic ring is 1. The van der Waals surface area contributed by atoms with Gasteiger partial charge in [0.25, 0.3) is 10.0 Å². The van der Waals surface area contributed by atoms with Crippen molar-refractivity contribution in [3.8, 4) is 5.75 Å². The second-order valence-electron chi connectivity index (χ2n) is 4.28. The first-order chi connectivity index (χ1) is 9.90. The number of rotatable bonds is 5. The van der Waals surface area contributed by atoms with Crippen LogP contribution in [0.4, 0.5) is 15.8 Å². The molecular formula is C14H15FN2O3S. The van der Waals surface area contributed by atoms with Gasteiger partial charge in [0.2, 0.25) is 0 Å². The van der Waals surface area contributed by atoms with Crippen LogP contribution in [0.3, 0.4) is 0 Å². The lowest BCUT2D eigenvalue weighted by Crippen LogP contribution is -2.13. The van der Waals surface area contributed by atoms with Crippen LogP contribution < -0.4 is 15.2 Å². The molecule has 0 saturated carbocycles. The molecule has 0 saturated heterocycles. The van der Waals surface area contributed by atoms with E-state index in [-0.39, 0.29) is 10.6 Å². The van der Waals surface area contributed by atoms with Gasteiger partial charge in [-0.1, -0.05) is 0 Å². The van der Waals surface area contributed by atoms with E-state index in [0.29, 0.717) is 18.0 Å². The molecule has 0 aliphatic heterocycles. The van der Waals surface area contributed by atoms with E-state index in [9.17, 15) is 12.8 Å². The predicted octanol–water partition coefficient (Wildman–Crippen LogP) is 2.61. The fraction of sp³-hybridized carbons (Fsp3) is 0.143. The van der Waals surface area contributed by atoms with E-state index in [1.54, 1.807) is 24.3 Å². The number of hydrogen-bond acceptors (Lipinski definition) is 4. The maximum absolute atomic E-state index is 13.2. The highest BCUT2D eigenvalue weighted by molar-refractivity contribution is 7.92. The third-order valence-electron chi connectivity index (χ3n) is 2.62. The van der Waals surface area contributed by atoms with Gasteiger partial charge in [-0.2, -0.15) is 0 Å². The van der Waals surface area contributed by atoms with E-state index in [4.69, 9.17) is 10.5 Å². The molecule has 2 aromatic rings. The SMILES string of the molecule is CCOc1ccc(NS(=O)(=O)c2cc(N)cc(F)c2)cc1. The minimum atomic E-state index is -3.89. The van der Waals surface area contributed by atoms with Crippen molar-refractivity contribution in [2.24, 2.45) is 0 Å². The molecule has 0 amide bonds. The predicted molar refractivity (Wildman–Crippen MR) is 79.2 cm³/mol. The molecule has 0 radical (unpaired) electrons. The van der Waals surface area contributed by atoms with Crippen LogP contribution >= 0.6 is 0 Å². The topological polar surface area (TPSA) is 81.4 Å². The zero-order chi connectivity index (χ0) is 15.5. The van der Waals surface area contributed by atoms with Crippen LogP contribution in [-0.4, -0.2) is 15.0 Å². The molecule has 3 N–H and O–H groups in total. The Morgan fingerprint density at radius 1 is 1.19 bits per heavy atom. The summed E-state index contributed by atoms with van der Waals surface area (Å²) in [6.07, 6.45) is 0. The largest absolute Gasteiger partial charge is 0.494 e. The molecule has 0 aliphatic carbocycles. The van der Waals surface area contributed by atoms with Gasteiger partial charge in [-0.3, -0.25) is 4.72 Å². The van der Waals surface area contributed by atoms with Crippen molar-refractivity contribution in [1.29, 1.82) is 0 Å².